The number of hydrogen-bond donors (Lipinski definition) is 2. The largest absolute Gasteiger partial charge is 0.350 e. The van der Waals surface area contributed by atoms with Gasteiger partial charge in [-0.3, -0.25) is 19.4 Å². The Labute approximate surface area is 151 Å². The van der Waals surface area contributed by atoms with Crippen LogP contribution in [0.2, 0.25) is 0 Å². The standard InChI is InChI=1S/C18H24N6O2/c1-11(2)9-19-17(25)15-7-13-10-23(5-6-24(13)22-15)18(26)16-8-14(20-21-16)12-3-4-12/h7-8,11-12H,3-6,9-10H2,1-2H3,(H,19,25)(H,20,21). The van der Waals surface area contributed by atoms with E-state index in [0.717, 1.165) is 11.4 Å². The first-order valence-electron chi connectivity index (χ1n) is 9.20. The zero-order valence-electron chi connectivity index (χ0n) is 15.2. The molecule has 4 rings (SSSR count). The van der Waals surface area contributed by atoms with E-state index < -0.39 is 0 Å². The van der Waals surface area contributed by atoms with Gasteiger partial charge in [0.15, 0.2) is 5.69 Å². The average Bonchev–Trinajstić information content (AvgIpc) is 3.20. The number of fused-ring (bicyclic) bond motifs is 1. The van der Waals surface area contributed by atoms with E-state index in [1.165, 1.54) is 12.8 Å². The number of aromatic nitrogens is 4. The molecule has 0 unspecified atom stereocenters. The highest BCUT2D eigenvalue weighted by molar-refractivity contribution is 5.93. The van der Waals surface area contributed by atoms with Crippen LogP contribution in [-0.4, -0.2) is 49.8 Å². The molecule has 1 aliphatic carbocycles. The fourth-order valence-electron chi connectivity index (χ4n) is 3.15. The summed E-state index contributed by atoms with van der Waals surface area (Å²) in [5, 5.41) is 14.4. The Bertz CT molecular complexity index is 833. The zero-order chi connectivity index (χ0) is 18.3. The molecular formula is C18H24N6O2. The number of carbonyl (C=O) groups is 2. The molecular weight excluding hydrogens is 332 g/mol. The normalized spacial score (nSPS) is 16.7. The molecule has 2 aliphatic rings. The Morgan fingerprint density at radius 2 is 2.08 bits per heavy atom. The molecule has 8 nitrogen and oxygen atoms in total. The van der Waals surface area contributed by atoms with E-state index in [1.54, 1.807) is 11.0 Å². The maximum atomic E-state index is 12.7. The molecule has 3 heterocycles. The van der Waals surface area contributed by atoms with Gasteiger partial charge in [0, 0.05) is 24.7 Å². The number of rotatable bonds is 5. The van der Waals surface area contributed by atoms with E-state index in [4.69, 9.17) is 0 Å². The first-order valence-corrected chi connectivity index (χ1v) is 9.20. The van der Waals surface area contributed by atoms with E-state index in [-0.39, 0.29) is 11.8 Å². The molecule has 2 aromatic rings. The molecule has 8 heteroatoms. The van der Waals surface area contributed by atoms with Crippen LogP contribution in [0.1, 0.15) is 65.0 Å². The predicted octanol–water partition coefficient (Wildman–Crippen LogP) is 1.53. The summed E-state index contributed by atoms with van der Waals surface area (Å²) >= 11 is 0. The second kappa shape index (κ2) is 6.59. The summed E-state index contributed by atoms with van der Waals surface area (Å²) in [7, 11) is 0. The average molecular weight is 356 g/mol. The van der Waals surface area contributed by atoms with Crippen LogP contribution in [0.3, 0.4) is 0 Å². The first kappa shape index (κ1) is 16.8. The molecule has 0 radical (unpaired) electrons. The maximum absolute atomic E-state index is 12.7. The lowest BCUT2D eigenvalue weighted by atomic mass is 10.2. The van der Waals surface area contributed by atoms with Gasteiger partial charge in [0.2, 0.25) is 0 Å². The summed E-state index contributed by atoms with van der Waals surface area (Å²) in [6.07, 6.45) is 2.33. The lowest BCUT2D eigenvalue weighted by Crippen LogP contribution is -2.38. The lowest BCUT2D eigenvalue weighted by molar-refractivity contribution is 0.0699. The molecule has 0 spiro atoms. The molecule has 0 saturated heterocycles. The fraction of sp³-hybridized carbons (Fsp3) is 0.556. The van der Waals surface area contributed by atoms with Gasteiger partial charge in [-0.25, -0.2) is 0 Å². The van der Waals surface area contributed by atoms with Gasteiger partial charge in [0.05, 0.1) is 18.8 Å². The van der Waals surface area contributed by atoms with Crippen molar-refractivity contribution >= 4 is 11.8 Å². The number of H-pyrrole nitrogens is 1. The Morgan fingerprint density at radius 3 is 2.81 bits per heavy atom. The van der Waals surface area contributed by atoms with Gasteiger partial charge in [-0.2, -0.15) is 10.2 Å². The van der Waals surface area contributed by atoms with Gasteiger partial charge < -0.3 is 10.2 Å². The maximum Gasteiger partial charge on any atom is 0.274 e. The van der Waals surface area contributed by atoms with Gasteiger partial charge >= 0.3 is 0 Å². The van der Waals surface area contributed by atoms with Gasteiger partial charge in [0.1, 0.15) is 5.69 Å². The molecule has 138 valence electrons. The van der Waals surface area contributed by atoms with Crippen molar-refractivity contribution in [3.8, 4) is 0 Å². The second-order valence-corrected chi connectivity index (χ2v) is 7.56. The van der Waals surface area contributed by atoms with Crippen molar-refractivity contribution < 1.29 is 9.59 Å². The number of carbonyl (C=O) groups excluding carboxylic acids is 2. The summed E-state index contributed by atoms with van der Waals surface area (Å²) in [6, 6.07) is 3.64. The minimum atomic E-state index is -0.167. The van der Waals surface area contributed by atoms with Gasteiger partial charge in [0.25, 0.3) is 11.8 Å². The van der Waals surface area contributed by atoms with Crippen LogP contribution in [-0.2, 0) is 13.1 Å². The monoisotopic (exact) mass is 356 g/mol. The predicted molar refractivity (Wildman–Crippen MR) is 94.7 cm³/mol. The lowest BCUT2D eigenvalue weighted by Gasteiger charge is -2.26. The van der Waals surface area contributed by atoms with Crippen LogP contribution in [0.4, 0.5) is 0 Å². The summed E-state index contributed by atoms with van der Waals surface area (Å²) in [4.78, 5) is 26.7. The van der Waals surface area contributed by atoms with Crippen LogP contribution in [0.5, 0.6) is 0 Å². The highest BCUT2D eigenvalue weighted by atomic mass is 16.2. The Balaban J connectivity index is 1.43. The number of nitrogens with one attached hydrogen (secondary N) is 2. The van der Waals surface area contributed by atoms with E-state index >= 15 is 0 Å². The van der Waals surface area contributed by atoms with Gasteiger partial charge in [-0.05, 0) is 30.9 Å². The summed E-state index contributed by atoms with van der Waals surface area (Å²) in [5.74, 6) is 0.684. The van der Waals surface area contributed by atoms with Crippen LogP contribution < -0.4 is 5.32 Å². The highest BCUT2D eigenvalue weighted by Crippen LogP contribution is 2.39. The summed E-state index contributed by atoms with van der Waals surface area (Å²) < 4.78 is 1.81. The number of hydrogen-bond acceptors (Lipinski definition) is 4. The summed E-state index contributed by atoms with van der Waals surface area (Å²) in [6.45, 7) is 6.30. The smallest absolute Gasteiger partial charge is 0.274 e. The minimum absolute atomic E-state index is 0.0774. The fourth-order valence-corrected chi connectivity index (χ4v) is 3.15. The van der Waals surface area contributed by atoms with Crippen LogP contribution >= 0.6 is 0 Å². The molecule has 0 aromatic carbocycles. The van der Waals surface area contributed by atoms with Crippen LogP contribution in [0.15, 0.2) is 12.1 Å². The molecule has 1 fully saturated rings. The number of aromatic amines is 1. The third kappa shape index (κ3) is 3.36. The molecule has 0 atom stereocenters. The quantitative estimate of drug-likeness (QED) is 0.849. The minimum Gasteiger partial charge on any atom is -0.350 e. The Morgan fingerprint density at radius 1 is 1.27 bits per heavy atom. The van der Waals surface area contributed by atoms with Crippen molar-refractivity contribution in [2.75, 3.05) is 13.1 Å². The van der Waals surface area contributed by atoms with E-state index in [0.29, 0.717) is 49.4 Å². The van der Waals surface area contributed by atoms with E-state index in [1.807, 2.05) is 24.6 Å². The molecule has 2 N–H and O–H groups in total. The van der Waals surface area contributed by atoms with Gasteiger partial charge in [-0.15, -0.1) is 0 Å². The van der Waals surface area contributed by atoms with Crippen molar-refractivity contribution in [1.29, 1.82) is 0 Å². The number of amides is 2. The Hall–Kier alpha value is -2.64. The van der Waals surface area contributed by atoms with Crippen molar-refractivity contribution in [2.24, 2.45) is 5.92 Å². The second-order valence-electron chi connectivity index (χ2n) is 7.56. The molecule has 1 aliphatic heterocycles. The molecule has 1 saturated carbocycles. The van der Waals surface area contributed by atoms with E-state index in [2.05, 4.69) is 20.6 Å². The SMILES string of the molecule is CC(C)CNC(=O)c1cc2n(n1)CCN(C(=O)c1cc(C3CC3)[nH]n1)C2. The Kier molecular flexibility index (Phi) is 4.26. The van der Waals surface area contributed by atoms with Crippen molar-refractivity contribution in [3.63, 3.8) is 0 Å². The van der Waals surface area contributed by atoms with Crippen molar-refractivity contribution in [1.82, 2.24) is 30.2 Å². The first-order chi connectivity index (χ1) is 12.5. The molecule has 26 heavy (non-hydrogen) atoms. The third-order valence-electron chi connectivity index (χ3n) is 4.82. The zero-order valence-corrected chi connectivity index (χ0v) is 15.2. The van der Waals surface area contributed by atoms with Crippen molar-refractivity contribution in [3.05, 3.63) is 34.9 Å². The third-order valence-corrected chi connectivity index (χ3v) is 4.82. The molecule has 2 amide bonds. The van der Waals surface area contributed by atoms with Crippen LogP contribution in [0, 0.1) is 5.92 Å². The van der Waals surface area contributed by atoms with E-state index in [9.17, 15) is 9.59 Å². The van der Waals surface area contributed by atoms with Crippen LogP contribution in [0.25, 0.3) is 0 Å². The molecule has 2 aromatic heterocycles. The topological polar surface area (TPSA) is 95.9 Å². The number of nitrogens with zero attached hydrogens (tertiary/aromatic N) is 4. The summed E-state index contributed by atoms with van der Waals surface area (Å²) in [5.41, 5.74) is 2.80. The van der Waals surface area contributed by atoms with Crippen molar-refractivity contribution in [2.45, 2.75) is 45.7 Å². The van der Waals surface area contributed by atoms with Gasteiger partial charge in [-0.1, -0.05) is 13.8 Å². The molecule has 0 bridgehead atoms. The highest BCUT2D eigenvalue weighted by Gasteiger charge is 2.29.